The highest BCUT2D eigenvalue weighted by Gasteiger charge is 2.60. The Hall–Kier alpha value is -9.28. The van der Waals surface area contributed by atoms with Gasteiger partial charge in [0.25, 0.3) is 0 Å². The molecule has 14 nitrogen and oxygen atoms in total. The zero-order valence-electron chi connectivity index (χ0n) is 76.6. The topological polar surface area (TPSA) is 201 Å². The quantitative estimate of drug-likeness (QED) is 0.0936. The second kappa shape index (κ2) is 42.2. The molecule has 4 aliphatic heterocycles. The zero-order chi connectivity index (χ0) is 87.6. The van der Waals surface area contributed by atoms with Gasteiger partial charge in [0.2, 0.25) is 0 Å². The summed E-state index contributed by atoms with van der Waals surface area (Å²) in [6.45, 7) is 42.9. The minimum atomic E-state index is -0.184. The monoisotopic (exact) mass is 1640 g/mol. The molecule has 14 heteroatoms. The van der Waals surface area contributed by atoms with Crippen LogP contribution in [0, 0.1) is 49.4 Å². The van der Waals surface area contributed by atoms with Crippen molar-refractivity contribution in [2.24, 2.45) is 21.7 Å². The fourth-order valence-electron chi connectivity index (χ4n) is 21.5. The van der Waals surface area contributed by atoms with Crippen LogP contribution in [0.15, 0.2) is 200 Å². The molecule has 4 aliphatic carbocycles. The summed E-state index contributed by atoms with van der Waals surface area (Å²) < 4.78 is 0. The van der Waals surface area contributed by atoms with Crippen molar-refractivity contribution in [3.8, 4) is 0 Å². The maximum Gasteiger partial charge on any atom is 0.199 e. The van der Waals surface area contributed by atoms with Crippen LogP contribution in [0.1, 0.15) is 221 Å². The van der Waals surface area contributed by atoms with Crippen molar-refractivity contribution in [2.45, 2.75) is 230 Å². The molecule has 4 saturated heterocycles. The van der Waals surface area contributed by atoms with Gasteiger partial charge in [-0.2, -0.15) is 0 Å². The van der Waals surface area contributed by atoms with Crippen LogP contribution in [0.4, 0.5) is 17.1 Å². The number of fused-ring (bicyclic) bond motifs is 8. The van der Waals surface area contributed by atoms with E-state index in [9.17, 15) is 14.4 Å². The van der Waals surface area contributed by atoms with Crippen molar-refractivity contribution in [1.29, 1.82) is 0 Å². The van der Waals surface area contributed by atoms with Crippen LogP contribution < -0.4 is 17.2 Å². The average molecular weight is 1640 g/mol. The van der Waals surface area contributed by atoms with Gasteiger partial charge in [0.1, 0.15) is 5.78 Å². The Morgan fingerprint density at radius 2 is 0.678 bits per heavy atom. The molecule has 6 fully saturated rings. The fourth-order valence-corrected chi connectivity index (χ4v) is 21.5. The number of Topliss-reactive ketones (excluding diaryl/α,β-unsaturated/α-hetero) is 3. The number of aliphatic hydroxyl groups is 1. The van der Waals surface area contributed by atoms with Crippen LogP contribution >= 0.6 is 0 Å². The van der Waals surface area contributed by atoms with Gasteiger partial charge in [-0.1, -0.05) is 270 Å². The Labute approximate surface area is 728 Å². The maximum absolute atomic E-state index is 12.2. The summed E-state index contributed by atoms with van der Waals surface area (Å²) in [5, 5.41) is 9.91. The first-order valence-electron chi connectivity index (χ1n) is 44.7. The lowest BCUT2D eigenvalue weighted by molar-refractivity contribution is -0.147. The van der Waals surface area contributed by atoms with Gasteiger partial charge < -0.3 is 41.9 Å². The molecule has 650 valence electrons. The van der Waals surface area contributed by atoms with E-state index in [1.54, 1.807) is 24.3 Å². The van der Waals surface area contributed by atoms with E-state index in [4.69, 9.17) is 37.3 Å². The number of anilines is 3. The first kappa shape index (κ1) is 97.2. The van der Waals surface area contributed by atoms with Crippen LogP contribution in [0.5, 0.6) is 0 Å². The van der Waals surface area contributed by atoms with Crippen LogP contribution in [-0.2, 0) is 68.3 Å². The smallest absolute Gasteiger partial charge is 0.199 e. The van der Waals surface area contributed by atoms with Gasteiger partial charge in [0.15, 0.2) is 11.6 Å². The van der Waals surface area contributed by atoms with E-state index in [0.29, 0.717) is 35.7 Å². The van der Waals surface area contributed by atoms with E-state index < -0.39 is 0 Å². The van der Waals surface area contributed by atoms with Crippen LogP contribution in [0.2, 0.25) is 0 Å². The number of aromatic nitrogens is 3. The van der Waals surface area contributed by atoms with Crippen molar-refractivity contribution in [1.82, 2.24) is 34.6 Å². The number of carbonyl (C=O) groups is 3. The van der Waals surface area contributed by atoms with Gasteiger partial charge in [-0.05, 0) is 219 Å². The van der Waals surface area contributed by atoms with E-state index in [0.717, 1.165) is 132 Å². The summed E-state index contributed by atoms with van der Waals surface area (Å²) in [6.07, 6.45) is 11.9. The number of aliphatic hydroxyl groups excluding tert-OH is 1. The molecular formula is C107H148N10O4. The molecule has 8 aromatic carbocycles. The highest BCUT2D eigenvalue weighted by Crippen LogP contribution is 2.59. The standard InChI is InChI=1S/C25H28N2.C24H27N3.C18H23NO2.C18H25NO.C7H9NO.C6H8N2.4C2H6.CH4/c1-18-7-6-9-21(13-18)25-11-12-27(3)17-24(25,2)15-20-14-19-8-4-5-10-22(19)26-23(20)16-25;1-17-7-6-8-18(13-17)24-11-12-27(3)16-23(24,2)14-21-22(15-24)26-20-10-5-4-9-19(20)25-21;1-13-5-4-6-14(9-13)18-7-8-19(3)12-17(18,2)10-15(20)16(21)11-18;1-14-5-4-6-15(11-14)18-9-10-19(3)13-17(18,2)8-7-16(20)12-18;8-7-4-2-1-3-6(7)5-9;7-5-3-1-2-4-6(5)8;4*1-2;/h4-10,13-14H,11-12,15-17H2,1-3H3;4-10,13H,11-12,14-16H2,1-3H3;4-6,9H,7-8,10-12H2,1-3H3;4-6,11H,7-10,12-13H2,1-3H3;1-4,9H,5,8H2;1-4H,7-8H2;4*1-2H3;1H4/t24-,25+;23-,24+;2*17-,18+;;;;;;;/m1111......./s1. The predicted molar refractivity (Wildman–Crippen MR) is 511 cm³/mol. The zero-order valence-corrected chi connectivity index (χ0v) is 76.6. The van der Waals surface area contributed by atoms with Gasteiger partial charge in [0, 0.05) is 109 Å². The normalized spacial score (nSPS) is 25.6. The second-order valence-corrected chi connectivity index (χ2v) is 36.0. The highest BCUT2D eigenvalue weighted by molar-refractivity contribution is 6.38. The van der Waals surface area contributed by atoms with Crippen molar-refractivity contribution < 1.29 is 19.5 Å². The van der Waals surface area contributed by atoms with E-state index in [1.165, 1.54) is 85.4 Å². The van der Waals surface area contributed by atoms with Crippen molar-refractivity contribution in [2.75, 3.05) is 97.7 Å². The molecule has 121 heavy (non-hydrogen) atoms. The number of carbonyl (C=O) groups excluding carboxylic acids is 3. The number of pyridine rings is 1. The number of likely N-dealkylation sites (tertiary alicyclic amines) is 4. The molecule has 7 N–H and O–H groups in total. The number of hydrogen-bond acceptors (Lipinski definition) is 14. The lowest BCUT2D eigenvalue weighted by Gasteiger charge is -2.57. The molecule has 0 unspecified atom stereocenters. The van der Waals surface area contributed by atoms with Gasteiger partial charge in [-0.15, -0.1) is 0 Å². The van der Waals surface area contributed by atoms with Crippen LogP contribution in [-0.4, -0.2) is 138 Å². The first-order chi connectivity index (χ1) is 57.4. The summed E-state index contributed by atoms with van der Waals surface area (Å²) in [7, 11) is 8.85. The Morgan fingerprint density at radius 3 is 1.08 bits per heavy atom. The number of rotatable bonds is 5. The molecule has 2 aromatic heterocycles. The van der Waals surface area contributed by atoms with E-state index >= 15 is 0 Å². The van der Waals surface area contributed by atoms with Crippen LogP contribution in [0.25, 0.3) is 21.9 Å². The van der Waals surface area contributed by atoms with Gasteiger partial charge in [-0.3, -0.25) is 19.4 Å². The third-order valence-electron chi connectivity index (χ3n) is 27.8. The Morgan fingerprint density at radius 1 is 0.347 bits per heavy atom. The van der Waals surface area contributed by atoms with Crippen LogP contribution in [0.3, 0.4) is 0 Å². The summed E-state index contributed by atoms with van der Waals surface area (Å²) in [4.78, 5) is 61.4. The maximum atomic E-state index is 12.2. The molecule has 8 atom stereocenters. The molecular weight excluding hydrogens is 1490 g/mol. The molecule has 6 heterocycles. The van der Waals surface area contributed by atoms with E-state index in [-0.39, 0.29) is 68.9 Å². The fraction of sp³-hybridized carbons (Fsp3) is 0.477. The third-order valence-corrected chi connectivity index (χ3v) is 27.8. The number of nitrogens with zero attached hydrogens (tertiary/aromatic N) is 7. The highest BCUT2D eigenvalue weighted by atomic mass is 16.3. The molecule has 0 radical (unpaired) electrons. The van der Waals surface area contributed by atoms with E-state index in [1.807, 2.05) is 79.7 Å². The first-order valence-corrected chi connectivity index (χ1v) is 44.7. The summed E-state index contributed by atoms with van der Waals surface area (Å²) in [6, 6.07) is 69.5. The largest absolute Gasteiger partial charge is 0.398 e. The van der Waals surface area contributed by atoms with Crippen molar-refractivity contribution in [3.05, 3.63) is 273 Å². The van der Waals surface area contributed by atoms with Gasteiger partial charge >= 0.3 is 0 Å². The SMILES string of the molecule is C.CC.CC.CC.CC.Cc1cccc([C@@]23CCN(C)C[C@@]2(C)CC(=O)C(=O)C3)c1.Cc1cccc([C@@]23CCN(C)C[C@@]2(C)CCC(=O)C3)c1.Cc1cccc([C@@]23CCN(C)C[C@@]2(C)Cc2cc4ccccc4nc2C3)c1.Cc1cccc([C@@]23CCN(C)C[C@@]2(C)Cc2nc4ccccc4nc2C3)c1.Nc1ccccc1CO.Nc1ccccc1N. The van der Waals surface area contributed by atoms with Gasteiger partial charge in [0.05, 0.1) is 45.9 Å². The van der Waals surface area contributed by atoms with Gasteiger partial charge in [-0.25, -0.2) is 9.97 Å². The minimum absolute atomic E-state index is 0. The summed E-state index contributed by atoms with van der Waals surface area (Å²) in [5.41, 5.74) is 38.8. The second-order valence-electron chi connectivity index (χ2n) is 36.0. The summed E-state index contributed by atoms with van der Waals surface area (Å²) >= 11 is 0. The molecule has 0 amide bonds. The molecule has 0 spiro atoms. The number of piperidine rings is 4. The number of aryl methyl sites for hydroxylation is 4. The number of ketones is 3. The molecule has 18 rings (SSSR count). The predicted octanol–water partition coefficient (Wildman–Crippen LogP) is 21.4. The van der Waals surface area contributed by atoms with Crippen molar-refractivity contribution >= 4 is 56.3 Å². The van der Waals surface area contributed by atoms with E-state index in [2.05, 4.69) is 255 Å². The number of para-hydroxylation sites is 6. The molecule has 0 bridgehead atoms. The lowest BCUT2D eigenvalue weighted by Crippen LogP contribution is -2.60. The number of nitrogens with two attached hydrogens (primary N) is 3. The number of benzene rings is 8. The molecule has 8 aliphatic rings. The van der Waals surface area contributed by atoms with Crippen molar-refractivity contribution in [3.63, 3.8) is 0 Å². The lowest BCUT2D eigenvalue weighted by atomic mass is 9.50. The number of hydrogen-bond donors (Lipinski definition) is 4. The Kier molecular flexibility index (Phi) is 33.9. The molecule has 10 aromatic rings. The average Bonchev–Trinajstić information content (AvgIpc) is 0.722. The minimum Gasteiger partial charge on any atom is -0.398 e. The summed E-state index contributed by atoms with van der Waals surface area (Å²) in [5.74, 6) is 0.0862. The third kappa shape index (κ3) is 21.0. The number of nitrogen functional groups attached to an aromatic ring is 3. The molecule has 2 saturated carbocycles. The Bertz CT molecular complexity index is 4910. The Balaban J connectivity index is 0.000000184.